The van der Waals surface area contributed by atoms with Crippen molar-refractivity contribution >= 4 is 11.8 Å². The summed E-state index contributed by atoms with van der Waals surface area (Å²) in [5.41, 5.74) is 2.09. The molecule has 0 spiro atoms. The highest BCUT2D eigenvalue weighted by Gasteiger charge is 2.23. The molecule has 1 atom stereocenters. The number of carbonyl (C=O) groups is 2. The second kappa shape index (κ2) is 7.09. The van der Waals surface area contributed by atoms with Gasteiger partial charge in [0.1, 0.15) is 0 Å². The number of carbonyl (C=O) groups excluding carboxylic acids is 2. The fourth-order valence-electron chi connectivity index (χ4n) is 2.64. The first-order chi connectivity index (χ1) is 11.2. The zero-order valence-electron chi connectivity index (χ0n) is 12.9. The fraction of sp³-hybridized carbons (Fsp3) is 0.353. The summed E-state index contributed by atoms with van der Waals surface area (Å²) in [6, 6.07) is 9.91. The van der Waals surface area contributed by atoms with Gasteiger partial charge in [-0.15, -0.1) is 0 Å². The van der Waals surface area contributed by atoms with Gasteiger partial charge in [-0.25, -0.2) is 4.68 Å². The van der Waals surface area contributed by atoms with Crippen LogP contribution in [0.15, 0.2) is 42.7 Å². The van der Waals surface area contributed by atoms with Crippen molar-refractivity contribution in [2.24, 2.45) is 5.92 Å². The Hall–Kier alpha value is -2.63. The van der Waals surface area contributed by atoms with Crippen LogP contribution in [0.2, 0.25) is 0 Å². The van der Waals surface area contributed by atoms with E-state index in [1.54, 1.807) is 0 Å². The summed E-state index contributed by atoms with van der Waals surface area (Å²) >= 11 is 0. The molecule has 1 unspecified atom stereocenters. The molecule has 23 heavy (non-hydrogen) atoms. The molecule has 0 bridgehead atoms. The second-order valence-electron chi connectivity index (χ2n) is 5.71. The van der Waals surface area contributed by atoms with Crippen LogP contribution in [0.3, 0.4) is 0 Å². The predicted octanol–water partition coefficient (Wildman–Crippen LogP) is 1.06. The van der Waals surface area contributed by atoms with Gasteiger partial charge >= 0.3 is 0 Å². The van der Waals surface area contributed by atoms with Gasteiger partial charge in [0.2, 0.25) is 11.8 Å². The van der Waals surface area contributed by atoms with Crippen LogP contribution in [-0.2, 0) is 16.0 Å². The number of nitrogens with one attached hydrogen (secondary N) is 2. The highest BCUT2D eigenvalue weighted by molar-refractivity contribution is 5.83. The molecule has 120 valence electrons. The van der Waals surface area contributed by atoms with Gasteiger partial charge in [-0.1, -0.05) is 18.2 Å². The molecule has 3 rings (SSSR count). The summed E-state index contributed by atoms with van der Waals surface area (Å²) in [5, 5.41) is 10.0. The van der Waals surface area contributed by atoms with E-state index in [4.69, 9.17) is 0 Å². The third-order valence-corrected chi connectivity index (χ3v) is 4.01. The van der Waals surface area contributed by atoms with Crippen molar-refractivity contribution in [3.05, 3.63) is 48.3 Å². The first-order valence-electron chi connectivity index (χ1n) is 7.86. The minimum atomic E-state index is -0.111. The lowest BCUT2D eigenvalue weighted by Gasteiger charge is -2.21. The molecule has 0 aliphatic carbocycles. The SMILES string of the molecule is O=C1CCC(C(=O)NCCc2cnn(-c3ccccc3)c2)CN1. The van der Waals surface area contributed by atoms with Crippen LogP contribution in [0.4, 0.5) is 0 Å². The number of benzene rings is 1. The number of rotatable bonds is 5. The molecular weight excluding hydrogens is 292 g/mol. The molecule has 0 saturated carbocycles. The van der Waals surface area contributed by atoms with E-state index in [1.165, 1.54) is 0 Å². The molecule has 1 aliphatic heterocycles. The van der Waals surface area contributed by atoms with E-state index >= 15 is 0 Å². The molecule has 1 aliphatic rings. The average Bonchev–Trinajstić information content (AvgIpc) is 3.05. The smallest absolute Gasteiger partial charge is 0.224 e. The third kappa shape index (κ3) is 3.97. The molecule has 1 aromatic carbocycles. The Bertz CT molecular complexity index is 671. The molecule has 1 fully saturated rings. The lowest BCUT2D eigenvalue weighted by atomic mass is 9.98. The van der Waals surface area contributed by atoms with Gasteiger partial charge in [-0.3, -0.25) is 9.59 Å². The van der Waals surface area contributed by atoms with Crippen molar-refractivity contribution in [2.75, 3.05) is 13.1 Å². The average molecular weight is 312 g/mol. The molecule has 2 amide bonds. The summed E-state index contributed by atoms with van der Waals surface area (Å²) in [4.78, 5) is 23.1. The van der Waals surface area contributed by atoms with Crippen molar-refractivity contribution in [3.8, 4) is 5.69 Å². The standard InChI is InChI=1S/C17H20N4O2/c22-16-7-6-14(11-19-16)17(23)18-9-8-13-10-20-21(12-13)15-4-2-1-3-5-15/h1-5,10,12,14H,6-9,11H2,(H,18,23)(H,19,22). The van der Waals surface area contributed by atoms with Crippen LogP contribution >= 0.6 is 0 Å². The Balaban J connectivity index is 1.47. The highest BCUT2D eigenvalue weighted by atomic mass is 16.2. The zero-order chi connectivity index (χ0) is 16.1. The number of nitrogens with zero attached hydrogens (tertiary/aromatic N) is 2. The Morgan fingerprint density at radius 2 is 2.17 bits per heavy atom. The van der Waals surface area contributed by atoms with Crippen LogP contribution in [0, 0.1) is 5.92 Å². The Labute approximate surface area is 134 Å². The largest absolute Gasteiger partial charge is 0.355 e. The molecule has 6 nitrogen and oxygen atoms in total. The Kier molecular flexibility index (Phi) is 4.71. The van der Waals surface area contributed by atoms with E-state index in [0.29, 0.717) is 25.9 Å². The molecule has 0 radical (unpaired) electrons. The van der Waals surface area contributed by atoms with E-state index in [2.05, 4.69) is 15.7 Å². The quantitative estimate of drug-likeness (QED) is 0.867. The van der Waals surface area contributed by atoms with Gasteiger partial charge in [0.25, 0.3) is 0 Å². The predicted molar refractivity (Wildman–Crippen MR) is 86.0 cm³/mol. The molecule has 1 aromatic heterocycles. The first-order valence-corrected chi connectivity index (χ1v) is 7.86. The number of para-hydroxylation sites is 1. The van der Waals surface area contributed by atoms with E-state index < -0.39 is 0 Å². The van der Waals surface area contributed by atoms with Crippen LogP contribution in [0.1, 0.15) is 18.4 Å². The van der Waals surface area contributed by atoms with Crippen molar-refractivity contribution in [1.29, 1.82) is 0 Å². The van der Waals surface area contributed by atoms with Gasteiger partial charge in [0.05, 0.1) is 17.8 Å². The highest BCUT2D eigenvalue weighted by Crippen LogP contribution is 2.11. The number of hydrogen-bond acceptors (Lipinski definition) is 3. The minimum absolute atomic E-state index is 0.0143. The molecule has 1 saturated heterocycles. The molecule has 6 heteroatoms. The number of hydrogen-bond donors (Lipinski definition) is 2. The molecule has 2 aromatic rings. The third-order valence-electron chi connectivity index (χ3n) is 4.01. The maximum Gasteiger partial charge on any atom is 0.224 e. The van der Waals surface area contributed by atoms with E-state index in [0.717, 1.165) is 17.7 Å². The van der Waals surface area contributed by atoms with E-state index in [9.17, 15) is 9.59 Å². The lowest BCUT2D eigenvalue weighted by Crippen LogP contribution is -2.43. The minimum Gasteiger partial charge on any atom is -0.355 e. The number of amides is 2. The van der Waals surface area contributed by atoms with Gasteiger partial charge in [-0.2, -0.15) is 5.10 Å². The van der Waals surface area contributed by atoms with Gasteiger partial charge in [0.15, 0.2) is 0 Å². The van der Waals surface area contributed by atoms with Crippen LogP contribution in [-0.4, -0.2) is 34.7 Å². The Morgan fingerprint density at radius 1 is 1.35 bits per heavy atom. The Morgan fingerprint density at radius 3 is 2.91 bits per heavy atom. The monoisotopic (exact) mass is 312 g/mol. The maximum absolute atomic E-state index is 12.0. The maximum atomic E-state index is 12.0. The van der Waals surface area contributed by atoms with Gasteiger partial charge in [0, 0.05) is 25.7 Å². The molecule has 2 N–H and O–H groups in total. The van der Waals surface area contributed by atoms with Crippen molar-refractivity contribution < 1.29 is 9.59 Å². The van der Waals surface area contributed by atoms with Gasteiger partial charge < -0.3 is 10.6 Å². The van der Waals surface area contributed by atoms with Crippen molar-refractivity contribution in [2.45, 2.75) is 19.3 Å². The fourth-order valence-corrected chi connectivity index (χ4v) is 2.64. The summed E-state index contributed by atoms with van der Waals surface area (Å²) in [7, 11) is 0. The molecule has 2 heterocycles. The molecular formula is C17H20N4O2. The zero-order valence-corrected chi connectivity index (χ0v) is 12.9. The summed E-state index contributed by atoms with van der Waals surface area (Å²) in [6.07, 6.45) is 5.59. The van der Waals surface area contributed by atoms with Crippen LogP contribution in [0.25, 0.3) is 5.69 Å². The summed E-state index contributed by atoms with van der Waals surface area (Å²) in [5.74, 6) is -0.0671. The van der Waals surface area contributed by atoms with Gasteiger partial charge in [-0.05, 0) is 30.5 Å². The van der Waals surface area contributed by atoms with Crippen molar-refractivity contribution in [3.63, 3.8) is 0 Å². The van der Waals surface area contributed by atoms with Crippen molar-refractivity contribution in [1.82, 2.24) is 20.4 Å². The summed E-state index contributed by atoms with van der Waals surface area (Å²) in [6.45, 7) is 1.01. The van der Waals surface area contributed by atoms with E-state index in [1.807, 2.05) is 47.4 Å². The number of aromatic nitrogens is 2. The topological polar surface area (TPSA) is 76.0 Å². The summed E-state index contributed by atoms with van der Waals surface area (Å²) < 4.78 is 1.83. The number of piperidine rings is 1. The van der Waals surface area contributed by atoms with E-state index in [-0.39, 0.29) is 17.7 Å². The second-order valence-corrected chi connectivity index (χ2v) is 5.71. The van der Waals surface area contributed by atoms with Crippen LogP contribution < -0.4 is 10.6 Å². The first kappa shape index (κ1) is 15.3. The van der Waals surface area contributed by atoms with Crippen LogP contribution in [0.5, 0.6) is 0 Å². The lowest BCUT2D eigenvalue weighted by molar-refractivity contribution is -0.128. The normalized spacial score (nSPS) is 17.6.